The Balaban J connectivity index is 1.73. The lowest BCUT2D eigenvalue weighted by atomic mass is 9.89. The average Bonchev–Trinajstić information content (AvgIpc) is 2.89. The van der Waals surface area contributed by atoms with Gasteiger partial charge in [-0.05, 0) is 31.5 Å². The van der Waals surface area contributed by atoms with Gasteiger partial charge < -0.3 is 5.32 Å². The normalized spacial score (nSPS) is 26.9. The molecule has 0 aliphatic carbocycles. The molecule has 2 heterocycles. The number of carbonyl (C=O) groups excluding carboxylic acids is 1. The largest absolute Gasteiger partial charge is 0.356 e. The van der Waals surface area contributed by atoms with Crippen LogP contribution in [0.25, 0.3) is 0 Å². The Hall–Kier alpha value is -1.13. The van der Waals surface area contributed by atoms with Crippen molar-refractivity contribution in [3.05, 3.63) is 34.6 Å². The quantitative estimate of drug-likeness (QED) is 0.931. The number of nitrogens with zero attached hydrogens (tertiary/aromatic N) is 1. The third-order valence-electron chi connectivity index (χ3n) is 4.61. The summed E-state index contributed by atoms with van der Waals surface area (Å²) in [6, 6.07) is 5.24. The molecule has 1 amide bonds. The molecule has 0 aromatic heterocycles. The smallest absolute Gasteiger partial charge is 0.220 e. The number of likely N-dealkylation sites (tertiary alicyclic amines) is 1. The van der Waals surface area contributed by atoms with Crippen LogP contribution in [0.3, 0.4) is 0 Å². The van der Waals surface area contributed by atoms with Crippen LogP contribution in [-0.4, -0.2) is 29.9 Å². The highest BCUT2D eigenvalue weighted by molar-refractivity contribution is 6.30. The Bertz CT molecular complexity index is 537. The Kier molecular flexibility index (Phi) is 4.45. The minimum atomic E-state index is -0.243. The Morgan fingerprint density at radius 2 is 2.24 bits per heavy atom. The monoisotopic (exact) mass is 310 g/mol. The van der Waals surface area contributed by atoms with E-state index in [9.17, 15) is 9.18 Å². The number of piperidine rings is 1. The second-order valence-electron chi connectivity index (χ2n) is 6.04. The summed E-state index contributed by atoms with van der Waals surface area (Å²) < 4.78 is 14.0. The SMILES string of the molecule is O=C1C[C@H]([C@H]2CCCCN2Cc2ccc(Cl)cc2F)CN1. The molecule has 0 radical (unpaired) electrons. The third kappa shape index (κ3) is 3.38. The fourth-order valence-electron chi connectivity index (χ4n) is 3.52. The van der Waals surface area contributed by atoms with Crippen molar-refractivity contribution in [2.75, 3.05) is 13.1 Å². The molecule has 2 fully saturated rings. The van der Waals surface area contributed by atoms with Crippen LogP contribution in [0.2, 0.25) is 5.02 Å². The predicted octanol–water partition coefficient (Wildman–Crippen LogP) is 2.97. The molecular formula is C16H20ClFN2O. The molecule has 1 N–H and O–H groups in total. The van der Waals surface area contributed by atoms with Gasteiger partial charge in [-0.2, -0.15) is 0 Å². The zero-order valence-corrected chi connectivity index (χ0v) is 12.7. The second-order valence-corrected chi connectivity index (χ2v) is 6.47. The van der Waals surface area contributed by atoms with Crippen molar-refractivity contribution >= 4 is 17.5 Å². The lowest BCUT2D eigenvalue weighted by Gasteiger charge is -2.38. The molecule has 0 unspecified atom stereocenters. The summed E-state index contributed by atoms with van der Waals surface area (Å²) in [6.07, 6.45) is 4.02. The van der Waals surface area contributed by atoms with E-state index in [0.29, 0.717) is 35.5 Å². The highest BCUT2D eigenvalue weighted by Gasteiger charge is 2.34. The van der Waals surface area contributed by atoms with Gasteiger partial charge in [0, 0.05) is 42.1 Å². The van der Waals surface area contributed by atoms with Crippen LogP contribution >= 0.6 is 11.6 Å². The molecule has 21 heavy (non-hydrogen) atoms. The van der Waals surface area contributed by atoms with Gasteiger partial charge in [-0.15, -0.1) is 0 Å². The van der Waals surface area contributed by atoms with E-state index in [4.69, 9.17) is 11.6 Å². The first-order valence-corrected chi connectivity index (χ1v) is 7.96. The highest BCUT2D eigenvalue weighted by Crippen LogP contribution is 2.29. The van der Waals surface area contributed by atoms with Crippen LogP contribution in [0.15, 0.2) is 18.2 Å². The van der Waals surface area contributed by atoms with E-state index in [1.807, 2.05) is 0 Å². The van der Waals surface area contributed by atoms with Gasteiger partial charge in [-0.25, -0.2) is 4.39 Å². The topological polar surface area (TPSA) is 32.3 Å². The fourth-order valence-corrected chi connectivity index (χ4v) is 3.67. The minimum Gasteiger partial charge on any atom is -0.356 e. The molecule has 1 aromatic carbocycles. The molecule has 2 saturated heterocycles. The number of amides is 1. The van der Waals surface area contributed by atoms with Gasteiger partial charge in [0.2, 0.25) is 5.91 Å². The van der Waals surface area contributed by atoms with E-state index in [2.05, 4.69) is 10.2 Å². The van der Waals surface area contributed by atoms with Gasteiger partial charge in [-0.1, -0.05) is 24.1 Å². The molecule has 0 spiro atoms. The highest BCUT2D eigenvalue weighted by atomic mass is 35.5. The molecule has 5 heteroatoms. The summed E-state index contributed by atoms with van der Waals surface area (Å²) >= 11 is 5.81. The van der Waals surface area contributed by atoms with Gasteiger partial charge in [0.1, 0.15) is 5.82 Å². The summed E-state index contributed by atoms with van der Waals surface area (Å²) in [4.78, 5) is 13.8. The molecule has 0 bridgehead atoms. The molecule has 2 aliphatic rings. The number of halogens is 2. The van der Waals surface area contributed by atoms with Crippen LogP contribution in [0, 0.1) is 11.7 Å². The van der Waals surface area contributed by atoms with E-state index in [1.165, 1.54) is 12.5 Å². The maximum Gasteiger partial charge on any atom is 0.220 e. The molecule has 1 aromatic rings. The van der Waals surface area contributed by atoms with Crippen LogP contribution in [0.1, 0.15) is 31.2 Å². The summed E-state index contributed by atoms with van der Waals surface area (Å²) in [5.74, 6) is 0.254. The lowest BCUT2D eigenvalue weighted by molar-refractivity contribution is -0.119. The zero-order valence-electron chi connectivity index (χ0n) is 11.9. The fraction of sp³-hybridized carbons (Fsp3) is 0.562. The standard InChI is InChI=1S/C16H20ClFN2O/c17-13-5-4-11(14(18)8-13)10-20-6-2-1-3-15(20)12-7-16(21)19-9-12/h4-5,8,12,15H,1-3,6-7,9-10H2,(H,19,21)/t12-,15+/m0/s1. The van der Waals surface area contributed by atoms with Crippen molar-refractivity contribution in [3.63, 3.8) is 0 Å². The summed E-state index contributed by atoms with van der Waals surface area (Å²) in [6.45, 7) is 2.32. The lowest BCUT2D eigenvalue weighted by Crippen LogP contribution is -2.44. The first kappa shape index (κ1) is 14.8. The Morgan fingerprint density at radius 3 is 2.95 bits per heavy atom. The van der Waals surface area contributed by atoms with E-state index >= 15 is 0 Å². The van der Waals surface area contributed by atoms with E-state index < -0.39 is 0 Å². The van der Waals surface area contributed by atoms with Gasteiger partial charge in [0.15, 0.2) is 0 Å². The van der Waals surface area contributed by atoms with Crippen molar-refractivity contribution in [2.24, 2.45) is 5.92 Å². The van der Waals surface area contributed by atoms with Gasteiger partial charge in [0.25, 0.3) is 0 Å². The van der Waals surface area contributed by atoms with E-state index in [0.717, 1.165) is 25.9 Å². The number of hydrogen-bond acceptors (Lipinski definition) is 2. The summed E-state index contributed by atoms with van der Waals surface area (Å²) in [5, 5.41) is 3.34. The van der Waals surface area contributed by atoms with Crippen molar-refractivity contribution in [1.82, 2.24) is 10.2 Å². The second kappa shape index (κ2) is 6.32. The van der Waals surface area contributed by atoms with Crippen molar-refractivity contribution in [3.8, 4) is 0 Å². The number of carbonyl (C=O) groups is 1. The first-order chi connectivity index (χ1) is 10.1. The third-order valence-corrected chi connectivity index (χ3v) is 4.84. The predicted molar refractivity (Wildman–Crippen MR) is 80.6 cm³/mol. The van der Waals surface area contributed by atoms with E-state index in [-0.39, 0.29) is 11.7 Å². The molecular weight excluding hydrogens is 291 g/mol. The van der Waals surface area contributed by atoms with Crippen molar-refractivity contribution in [2.45, 2.75) is 38.3 Å². The number of rotatable bonds is 3. The van der Waals surface area contributed by atoms with Crippen LogP contribution in [0.5, 0.6) is 0 Å². The zero-order chi connectivity index (χ0) is 14.8. The number of benzene rings is 1. The minimum absolute atomic E-state index is 0.142. The molecule has 0 saturated carbocycles. The van der Waals surface area contributed by atoms with E-state index in [1.54, 1.807) is 12.1 Å². The van der Waals surface area contributed by atoms with Crippen LogP contribution in [-0.2, 0) is 11.3 Å². The van der Waals surface area contributed by atoms with Crippen molar-refractivity contribution in [1.29, 1.82) is 0 Å². The van der Waals surface area contributed by atoms with Gasteiger partial charge in [0.05, 0.1) is 0 Å². The molecule has 3 nitrogen and oxygen atoms in total. The number of hydrogen-bond donors (Lipinski definition) is 1. The Labute approximate surface area is 129 Å². The molecule has 2 atom stereocenters. The maximum absolute atomic E-state index is 14.0. The van der Waals surface area contributed by atoms with Crippen molar-refractivity contribution < 1.29 is 9.18 Å². The van der Waals surface area contributed by atoms with Gasteiger partial charge in [-0.3, -0.25) is 9.69 Å². The van der Waals surface area contributed by atoms with Crippen LogP contribution in [0.4, 0.5) is 4.39 Å². The number of nitrogens with one attached hydrogen (secondary N) is 1. The maximum atomic E-state index is 14.0. The molecule has 114 valence electrons. The van der Waals surface area contributed by atoms with Crippen LogP contribution < -0.4 is 5.32 Å². The summed E-state index contributed by atoms with van der Waals surface area (Å²) in [5.41, 5.74) is 0.684. The summed E-state index contributed by atoms with van der Waals surface area (Å²) in [7, 11) is 0. The first-order valence-electron chi connectivity index (χ1n) is 7.58. The average molecular weight is 311 g/mol. The molecule has 3 rings (SSSR count). The Morgan fingerprint density at radius 1 is 1.38 bits per heavy atom. The molecule has 2 aliphatic heterocycles. The van der Waals surface area contributed by atoms with Gasteiger partial charge >= 0.3 is 0 Å².